The molecule has 0 bridgehead atoms. The molecular weight excluding hydrogens is 524 g/mol. The first-order valence-electron chi connectivity index (χ1n) is 10.8. The SMILES string of the molecule is CCNC(=NCCCc1nn(-c2ccc(F)cc2)c(N)c1C#N)NC1CCC(O)CC1.I. The van der Waals surface area contributed by atoms with E-state index in [9.17, 15) is 14.8 Å². The Balaban J connectivity index is 0.00000363. The fraction of sp³-hybridized carbons (Fsp3) is 0.500. The molecule has 1 saturated carbocycles. The van der Waals surface area contributed by atoms with Gasteiger partial charge in [-0.2, -0.15) is 10.4 Å². The van der Waals surface area contributed by atoms with Crippen LogP contribution in [0.4, 0.5) is 10.2 Å². The van der Waals surface area contributed by atoms with E-state index in [4.69, 9.17) is 5.73 Å². The highest BCUT2D eigenvalue weighted by Crippen LogP contribution is 2.22. The van der Waals surface area contributed by atoms with Crippen LogP contribution in [0, 0.1) is 17.1 Å². The second kappa shape index (κ2) is 12.6. The molecule has 8 nitrogen and oxygen atoms in total. The first-order valence-corrected chi connectivity index (χ1v) is 10.8. The molecule has 0 unspecified atom stereocenters. The van der Waals surface area contributed by atoms with Crippen molar-refractivity contribution in [1.82, 2.24) is 20.4 Å². The average Bonchev–Trinajstić information content (AvgIpc) is 3.08. The van der Waals surface area contributed by atoms with Crippen molar-refractivity contribution in [2.24, 2.45) is 4.99 Å². The van der Waals surface area contributed by atoms with E-state index in [0.717, 1.165) is 38.2 Å². The van der Waals surface area contributed by atoms with Crippen molar-refractivity contribution in [3.63, 3.8) is 0 Å². The number of aromatic nitrogens is 2. The quantitative estimate of drug-likeness (QED) is 0.180. The molecule has 0 radical (unpaired) electrons. The maximum absolute atomic E-state index is 13.2. The zero-order valence-electron chi connectivity index (χ0n) is 18.2. The Labute approximate surface area is 205 Å². The van der Waals surface area contributed by atoms with Gasteiger partial charge in [-0.3, -0.25) is 4.99 Å². The summed E-state index contributed by atoms with van der Waals surface area (Å²) in [6, 6.07) is 8.26. The van der Waals surface area contributed by atoms with Gasteiger partial charge in [0.2, 0.25) is 0 Å². The lowest BCUT2D eigenvalue weighted by atomic mass is 9.93. The molecule has 174 valence electrons. The van der Waals surface area contributed by atoms with Crippen molar-refractivity contribution in [1.29, 1.82) is 5.26 Å². The van der Waals surface area contributed by atoms with Crippen LogP contribution in [0.1, 0.15) is 50.3 Å². The van der Waals surface area contributed by atoms with Crippen molar-refractivity contribution in [2.75, 3.05) is 18.8 Å². The Hall–Kier alpha value is -2.39. The van der Waals surface area contributed by atoms with Crippen LogP contribution >= 0.6 is 24.0 Å². The lowest BCUT2D eigenvalue weighted by Gasteiger charge is -2.27. The molecule has 1 aromatic carbocycles. The monoisotopic (exact) mass is 555 g/mol. The summed E-state index contributed by atoms with van der Waals surface area (Å²) in [4.78, 5) is 4.64. The molecule has 1 fully saturated rings. The Kier molecular flexibility index (Phi) is 10.2. The van der Waals surface area contributed by atoms with Crippen molar-refractivity contribution >= 4 is 35.8 Å². The number of nitriles is 1. The van der Waals surface area contributed by atoms with Gasteiger partial charge in [-0.25, -0.2) is 9.07 Å². The van der Waals surface area contributed by atoms with E-state index in [-0.39, 0.29) is 41.7 Å². The van der Waals surface area contributed by atoms with Crippen LogP contribution in [0.25, 0.3) is 5.69 Å². The zero-order valence-corrected chi connectivity index (χ0v) is 20.6. The number of benzene rings is 1. The fourth-order valence-corrected chi connectivity index (χ4v) is 3.73. The fourth-order valence-electron chi connectivity index (χ4n) is 3.73. The number of hydrogen-bond acceptors (Lipinski definition) is 5. The maximum Gasteiger partial charge on any atom is 0.191 e. The van der Waals surface area contributed by atoms with Crippen LogP contribution in [-0.2, 0) is 6.42 Å². The topological polar surface area (TPSA) is 124 Å². The minimum absolute atomic E-state index is 0. The summed E-state index contributed by atoms with van der Waals surface area (Å²) in [6.45, 7) is 3.35. The molecule has 0 saturated heterocycles. The summed E-state index contributed by atoms with van der Waals surface area (Å²) in [7, 11) is 0. The van der Waals surface area contributed by atoms with Crippen LogP contribution in [0.2, 0.25) is 0 Å². The summed E-state index contributed by atoms with van der Waals surface area (Å²) in [5.41, 5.74) is 7.67. The lowest BCUT2D eigenvalue weighted by molar-refractivity contribution is 0.120. The number of halogens is 2. The van der Waals surface area contributed by atoms with E-state index in [0.29, 0.717) is 42.4 Å². The number of guanidine groups is 1. The van der Waals surface area contributed by atoms with Crippen LogP contribution in [0.15, 0.2) is 29.3 Å². The van der Waals surface area contributed by atoms with Gasteiger partial charge in [0.1, 0.15) is 23.3 Å². The number of aliphatic hydroxyl groups excluding tert-OH is 1. The largest absolute Gasteiger partial charge is 0.393 e. The molecular formula is C22H31FIN7O. The molecule has 10 heteroatoms. The third-order valence-corrected chi connectivity index (χ3v) is 5.40. The van der Waals surface area contributed by atoms with Gasteiger partial charge in [0.05, 0.1) is 17.5 Å². The van der Waals surface area contributed by atoms with Crippen molar-refractivity contribution < 1.29 is 9.50 Å². The summed E-state index contributed by atoms with van der Waals surface area (Å²) in [5, 5.41) is 30.4. The standard InChI is InChI=1S/C22H30FN7O.HI/c1-2-26-22(28-16-7-11-18(31)12-8-16)27-13-3-4-20-19(14-24)21(25)30(29-20)17-9-5-15(23)6-10-17;/h5-6,9-10,16,18,31H,2-4,7-8,11-13,25H2,1H3,(H2,26,27,28);1H. The normalized spacial score (nSPS) is 18.5. The highest BCUT2D eigenvalue weighted by Gasteiger charge is 2.20. The number of nitrogens with zero attached hydrogens (tertiary/aromatic N) is 4. The molecule has 5 N–H and O–H groups in total. The molecule has 3 rings (SSSR count). The molecule has 1 heterocycles. The van der Waals surface area contributed by atoms with E-state index in [1.807, 2.05) is 6.92 Å². The van der Waals surface area contributed by atoms with Gasteiger partial charge in [-0.15, -0.1) is 24.0 Å². The van der Waals surface area contributed by atoms with Gasteiger partial charge in [0.25, 0.3) is 0 Å². The highest BCUT2D eigenvalue weighted by atomic mass is 127. The predicted molar refractivity (Wildman–Crippen MR) is 134 cm³/mol. The van der Waals surface area contributed by atoms with Crippen molar-refractivity contribution in [2.45, 2.75) is 57.6 Å². The van der Waals surface area contributed by atoms with Gasteiger partial charge < -0.3 is 21.5 Å². The minimum atomic E-state index is -0.345. The maximum atomic E-state index is 13.2. The second-order valence-electron chi connectivity index (χ2n) is 7.72. The van der Waals surface area contributed by atoms with Crippen LogP contribution in [-0.4, -0.2) is 46.1 Å². The van der Waals surface area contributed by atoms with Crippen molar-refractivity contribution in [3.05, 3.63) is 41.3 Å². The Bertz CT molecular complexity index is 931. The summed E-state index contributed by atoms with van der Waals surface area (Å²) >= 11 is 0. The van der Waals surface area contributed by atoms with E-state index >= 15 is 0 Å². The van der Waals surface area contributed by atoms with Gasteiger partial charge in [-0.05, 0) is 69.7 Å². The molecule has 0 atom stereocenters. The number of nitrogen functional groups attached to an aromatic ring is 1. The Morgan fingerprint density at radius 2 is 2.00 bits per heavy atom. The minimum Gasteiger partial charge on any atom is -0.393 e. The molecule has 0 spiro atoms. The number of aliphatic imine (C=N–C) groups is 1. The van der Waals surface area contributed by atoms with E-state index < -0.39 is 0 Å². The Morgan fingerprint density at radius 3 is 2.62 bits per heavy atom. The van der Waals surface area contributed by atoms with Gasteiger partial charge >= 0.3 is 0 Å². The van der Waals surface area contributed by atoms with E-state index in [2.05, 4.69) is 26.8 Å². The molecule has 0 aliphatic heterocycles. The summed E-state index contributed by atoms with van der Waals surface area (Å²) in [6.07, 6.45) is 4.55. The van der Waals surface area contributed by atoms with Crippen LogP contribution in [0.3, 0.4) is 0 Å². The number of anilines is 1. The van der Waals surface area contributed by atoms with E-state index in [1.54, 1.807) is 12.1 Å². The van der Waals surface area contributed by atoms with Gasteiger partial charge in [-0.1, -0.05) is 0 Å². The number of hydrogen-bond donors (Lipinski definition) is 4. The second-order valence-corrected chi connectivity index (χ2v) is 7.72. The molecule has 2 aromatic rings. The van der Waals surface area contributed by atoms with E-state index in [1.165, 1.54) is 16.8 Å². The molecule has 0 amide bonds. The number of rotatable bonds is 7. The third-order valence-electron chi connectivity index (χ3n) is 5.40. The first kappa shape index (κ1) is 25.9. The van der Waals surface area contributed by atoms with Crippen LogP contribution in [0.5, 0.6) is 0 Å². The van der Waals surface area contributed by atoms with Gasteiger partial charge in [0.15, 0.2) is 5.96 Å². The molecule has 1 aliphatic rings. The lowest BCUT2D eigenvalue weighted by Crippen LogP contribution is -2.45. The number of aryl methyl sites for hydroxylation is 1. The summed E-state index contributed by atoms with van der Waals surface area (Å²) < 4.78 is 14.7. The number of nitrogens with one attached hydrogen (secondary N) is 2. The van der Waals surface area contributed by atoms with Gasteiger partial charge in [0, 0.05) is 19.1 Å². The predicted octanol–water partition coefficient (Wildman–Crippen LogP) is 2.87. The average molecular weight is 555 g/mol. The number of nitrogens with two attached hydrogens (primary N) is 1. The van der Waals surface area contributed by atoms with Crippen molar-refractivity contribution in [3.8, 4) is 11.8 Å². The first-order chi connectivity index (χ1) is 15.0. The zero-order chi connectivity index (χ0) is 22.2. The Morgan fingerprint density at radius 1 is 1.31 bits per heavy atom. The molecule has 1 aliphatic carbocycles. The molecule has 1 aromatic heterocycles. The summed E-state index contributed by atoms with van der Waals surface area (Å²) in [5.74, 6) is 0.672. The van der Waals surface area contributed by atoms with Crippen LogP contribution < -0.4 is 16.4 Å². The number of aliphatic hydroxyl groups is 1. The smallest absolute Gasteiger partial charge is 0.191 e. The third kappa shape index (κ3) is 6.80. The molecule has 32 heavy (non-hydrogen) atoms. The highest BCUT2D eigenvalue weighted by molar-refractivity contribution is 14.0.